The second-order valence-electron chi connectivity index (χ2n) is 7.15. The molecule has 3 atom stereocenters. The van der Waals surface area contributed by atoms with Crippen LogP contribution in [0.3, 0.4) is 0 Å². The first-order valence-corrected chi connectivity index (χ1v) is 8.51. The van der Waals surface area contributed by atoms with Crippen molar-refractivity contribution >= 4 is 11.8 Å². The van der Waals surface area contributed by atoms with Crippen molar-refractivity contribution in [3.63, 3.8) is 0 Å². The van der Waals surface area contributed by atoms with E-state index < -0.39 is 5.51 Å². The third-order valence-electron chi connectivity index (χ3n) is 4.05. The van der Waals surface area contributed by atoms with Crippen LogP contribution >= 0.6 is 11.8 Å². The molecule has 1 aliphatic rings. The summed E-state index contributed by atoms with van der Waals surface area (Å²) in [5.41, 5.74) is -4.01. The van der Waals surface area contributed by atoms with Crippen molar-refractivity contribution in [2.45, 2.75) is 64.4 Å². The molecule has 0 heterocycles. The highest BCUT2D eigenvalue weighted by Gasteiger charge is 2.32. The van der Waals surface area contributed by atoms with Gasteiger partial charge < -0.3 is 5.32 Å². The van der Waals surface area contributed by atoms with E-state index in [-0.39, 0.29) is 23.1 Å². The number of halogens is 3. The maximum Gasteiger partial charge on any atom is 0.441 e. The number of hydrogen-bond acceptors (Lipinski definition) is 2. The maximum absolute atomic E-state index is 12.2. The molecule has 3 unspecified atom stereocenters. The Balaban J connectivity index is 2.44. The molecule has 0 aromatic carbocycles. The highest BCUT2D eigenvalue weighted by atomic mass is 32.2. The standard InChI is InChI=1S/C15H28F3NS/c1-11-5-6-13(10-19-14(2,3)4)12(9-11)7-8-20-15(16,17)18/h11-13,19H,5-10H2,1-4H3. The van der Waals surface area contributed by atoms with Crippen molar-refractivity contribution in [1.82, 2.24) is 5.32 Å². The van der Waals surface area contributed by atoms with E-state index in [0.717, 1.165) is 19.4 Å². The number of alkyl halides is 3. The molecule has 0 amide bonds. The van der Waals surface area contributed by atoms with Gasteiger partial charge in [0.1, 0.15) is 0 Å². The van der Waals surface area contributed by atoms with Gasteiger partial charge in [0.25, 0.3) is 0 Å². The van der Waals surface area contributed by atoms with Gasteiger partial charge in [0, 0.05) is 11.3 Å². The summed E-state index contributed by atoms with van der Waals surface area (Å²) < 4.78 is 36.7. The van der Waals surface area contributed by atoms with E-state index in [2.05, 4.69) is 33.0 Å². The van der Waals surface area contributed by atoms with Gasteiger partial charge in [0.15, 0.2) is 0 Å². The lowest BCUT2D eigenvalue weighted by atomic mass is 9.73. The van der Waals surface area contributed by atoms with Crippen LogP contribution in [0.15, 0.2) is 0 Å². The van der Waals surface area contributed by atoms with Crippen LogP contribution in [0.1, 0.15) is 53.4 Å². The van der Waals surface area contributed by atoms with Crippen molar-refractivity contribution in [3.8, 4) is 0 Å². The van der Waals surface area contributed by atoms with Crippen LogP contribution in [0.25, 0.3) is 0 Å². The van der Waals surface area contributed by atoms with Crippen LogP contribution in [0.5, 0.6) is 0 Å². The Labute approximate surface area is 125 Å². The molecular weight excluding hydrogens is 283 g/mol. The summed E-state index contributed by atoms with van der Waals surface area (Å²) in [6.07, 6.45) is 4.12. The summed E-state index contributed by atoms with van der Waals surface area (Å²) in [5, 5.41) is 3.51. The van der Waals surface area contributed by atoms with E-state index in [1.807, 2.05) is 0 Å². The predicted molar refractivity (Wildman–Crippen MR) is 80.9 cm³/mol. The molecule has 0 spiro atoms. The Kier molecular flexibility index (Phi) is 6.71. The summed E-state index contributed by atoms with van der Waals surface area (Å²) in [7, 11) is 0. The van der Waals surface area contributed by atoms with Gasteiger partial charge in [-0.15, -0.1) is 0 Å². The second-order valence-corrected chi connectivity index (χ2v) is 8.31. The van der Waals surface area contributed by atoms with Gasteiger partial charge in [-0.2, -0.15) is 13.2 Å². The summed E-state index contributed by atoms with van der Waals surface area (Å²) >= 11 is 0.134. The Morgan fingerprint density at radius 3 is 2.30 bits per heavy atom. The molecule has 1 aliphatic carbocycles. The van der Waals surface area contributed by atoms with Crippen molar-refractivity contribution in [2.75, 3.05) is 12.3 Å². The SMILES string of the molecule is CC1CCC(CNC(C)(C)C)C(CCSC(F)(F)F)C1. The molecule has 1 saturated carbocycles. The molecule has 1 fully saturated rings. The van der Waals surface area contributed by atoms with Crippen LogP contribution in [0.2, 0.25) is 0 Å². The van der Waals surface area contributed by atoms with E-state index in [0.29, 0.717) is 24.2 Å². The van der Waals surface area contributed by atoms with Crippen LogP contribution in [-0.4, -0.2) is 23.3 Å². The number of hydrogen-bond donors (Lipinski definition) is 1. The molecule has 1 rings (SSSR count). The average Bonchev–Trinajstić information content (AvgIpc) is 2.25. The minimum absolute atomic E-state index is 0.0777. The van der Waals surface area contributed by atoms with Crippen LogP contribution in [-0.2, 0) is 0 Å². The minimum Gasteiger partial charge on any atom is -0.312 e. The Hall–Kier alpha value is 0.100. The van der Waals surface area contributed by atoms with Gasteiger partial charge in [0.05, 0.1) is 0 Å². The summed E-state index contributed by atoms with van der Waals surface area (Å²) in [5.74, 6) is 1.82. The normalized spacial score (nSPS) is 28.6. The van der Waals surface area contributed by atoms with Crippen LogP contribution in [0, 0.1) is 17.8 Å². The quantitative estimate of drug-likeness (QED) is 0.760. The zero-order valence-corrected chi connectivity index (χ0v) is 13.8. The molecule has 0 bridgehead atoms. The van der Waals surface area contributed by atoms with Crippen molar-refractivity contribution in [2.24, 2.45) is 17.8 Å². The highest BCUT2D eigenvalue weighted by Crippen LogP contribution is 2.38. The lowest BCUT2D eigenvalue weighted by Gasteiger charge is -2.37. The van der Waals surface area contributed by atoms with Gasteiger partial charge in [-0.1, -0.05) is 25.1 Å². The average molecular weight is 311 g/mol. The van der Waals surface area contributed by atoms with E-state index >= 15 is 0 Å². The Morgan fingerprint density at radius 2 is 1.75 bits per heavy atom. The summed E-state index contributed by atoms with van der Waals surface area (Å²) in [4.78, 5) is 0. The molecule has 1 N–H and O–H groups in total. The van der Waals surface area contributed by atoms with E-state index in [1.54, 1.807) is 0 Å². The molecule has 20 heavy (non-hydrogen) atoms. The van der Waals surface area contributed by atoms with Crippen molar-refractivity contribution in [3.05, 3.63) is 0 Å². The van der Waals surface area contributed by atoms with E-state index in [9.17, 15) is 13.2 Å². The van der Waals surface area contributed by atoms with Crippen LogP contribution < -0.4 is 5.32 Å². The number of nitrogens with one attached hydrogen (secondary N) is 1. The topological polar surface area (TPSA) is 12.0 Å². The second kappa shape index (κ2) is 7.39. The van der Waals surface area contributed by atoms with Crippen molar-refractivity contribution < 1.29 is 13.2 Å². The third-order valence-corrected chi connectivity index (χ3v) is 4.82. The Morgan fingerprint density at radius 1 is 1.10 bits per heavy atom. The fourth-order valence-electron chi connectivity index (χ4n) is 2.95. The van der Waals surface area contributed by atoms with Gasteiger partial charge >= 0.3 is 5.51 Å². The molecule has 0 aromatic heterocycles. The predicted octanol–water partition coefficient (Wildman–Crippen LogP) is 5.07. The van der Waals surface area contributed by atoms with Gasteiger partial charge in [0.2, 0.25) is 0 Å². The molecular formula is C15H28F3NS. The van der Waals surface area contributed by atoms with Gasteiger partial charge in [-0.3, -0.25) is 0 Å². The number of rotatable bonds is 5. The van der Waals surface area contributed by atoms with Gasteiger partial charge in [-0.25, -0.2) is 0 Å². The first-order chi connectivity index (χ1) is 9.07. The van der Waals surface area contributed by atoms with E-state index in [1.165, 1.54) is 6.42 Å². The van der Waals surface area contributed by atoms with Gasteiger partial charge in [-0.05, 0) is 64.3 Å². The largest absolute Gasteiger partial charge is 0.441 e. The molecule has 1 nitrogen and oxygen atoms in total. The lowest BCUT2D eigenvalue weighted by molar-refractivity contribution is -0.0329. The third kappa shape index (κ3) is 7.77. The fourth-order valence-corrected chi connectivity index (χ4v) is 3.60. The zero-order valence-electron chi connectivity index (χ0n) is 13.0. The smallest absolute Gasteiger partial charge is 0.312 e. The lowest BCUT2D eigenvalue weighted by Crippen LogP contribution is -2.42. The summed E-state index contributed by atoms with van der Waals surface area (Å²) in [6, 6.07) is 0. The Bertz CT molecular complexity index is 286. The number of thioether (sulfide) groups is 1. The maximum atomic E-state index is 12.2. The first-order valence-electron chi connectivity index (χ1n) is 7.52. The summed E-state index contributed by atoms with van der Waals surface area (Å²) in [6.45, 7) is 9.54. The molecule has 0 saturated heterocycles. The molecule has 0 radical (unpaired) electrons. The fraction of sp³-hybridized carbons (Fsp3) is 1.00. The molecule has 0 aliphatic heterocycles. The van der Waals surface area contributed by atoms with Crippen molar-refractivity contribution in [1.29, 1.82) is 0 Å². The zero-order chi connectivity index (χ0) is 15.4. The highest BCUT2D eigenvalue weighted by molar-refractivity contribution is 8.00. The molecule has 5 heteroatoms. The first kappa shape index (κ1) is 18.1. The van der Waals surface area contributed by atoms with E-state index in [4.69, 9.17) is 0 Å². The molecule has 0 aromatic rings. The van der Waals surface area contributed by atoms with Crippen LogP contribution in [0.4, 0.5) is 13.2 Å². The minimum atomic E-state index is -4.08. The molecule has 120 valence electrons. The monoisotopic (exact) mass is 311 g/mol.